The number of methoxy groups -OCH3 is 1. The molecule has 0 aliphatic rings. The molecule has 1 atom stereocenters. The third-order valence-corrected chi connectivity index (χ3v) is 5.73. The van der Waals surface area contributed by atoms with Gasteiger partial charge in [0.1, 0.15) is 11.5 Å². The average Bonchev–Trinajstić information content (AvgIpc) is 2.69. The number of ether oxygens (including phenoxy) is 1. The molecule has 0 saturated carbocycles. The summed E-state index contributed by atoms with van der Waals surface area (Å²) in [4.78, 5) is 12.4. The first-order valence-corrected chi connectivity index (χ1v) is 11.6. The molecule has 184 valence electrons. The Balaban J connectivity index is 2.55. The second kappa shape index (κ2) is 13.4. The Hall–Kier alpha value is -2.37. The van der Waals surface area contributed by atoms with Gasteiger partial charge in [0, 0.05) is 12.0 Å². The molecule has 3 N–H and O–H groups in total. The summed E-state index contributed by atoms with van der Waals surface area (Å²) in [6.07, 6.45) is 8.98. The van der Waals surface area contributed by atoms with E-state index >= 15 is 0 Å². The number of rotatable bonds is 13. The molecule has 0 amide bonds. The first-order chi connectivity index (χ1) is 15.3. The quantitative estimate of drug-likeness (QED) is 0.259. The number of benzene rings is 1. The Bertz CT molecular complexity index is 884. The van der Waals surface area contributed by atoms with E-state index in [-0.39, 0.29) is 11.5 Å². The number of hydrogen-bond donors (Lipinski definition) is 3. The highest BCUT2D eigenvalue weighted by Gasteiger charge is 2.23. The maximum absolute atomic E-state index is 12.4. The van der Waals surface area contributed by atoms with Crippen molar-refractivity contribution in [2.24, 2.45) is 0 Å². The van der Waals surface area contributed by atoms with Gasteiger partial charge in [0.15, 0.2) is 5.78 Å². The van der Waals surface area contributed by atoms with Crippen molar-refractivity contribution in [3.63, 3.8) is 0 Å². The Morgan fingerprint density at radius 3 is 2.36 bits per heavy atom. The highest BCUT2D eigenvalue weighted by Crippen LogP contribution is 2.29. The van der Waals surface area contributed by atoms with Crippen LogP contribution in [0.4, 0.5) is 0 Å². The van der Waals surface area contributed by atoms with Gasteiger partial charge in [0.25, 0.3) is 0 Å². The van der Waals surface area contributed by atoms with Crippen LogP contribution < -0.4 is 4.74 Å². The van der Waals surface area contributed by atoms with Crippen LogP contribution in [0.2, 0.25) is 0 Å². The number of allylic oxidation sites excluding steroid dienone is 6. The largest absolute Gasteiger partial charge is 0.508 e. The van der Waals surface area contributed by atoms with E-state index in [1.807, 2.05) is 33.8 Å². The van der Waals surface area contributed by atoms with Gasteiger partial charge in [-0.3, -0.25) is 4.79 Å². The van der Waals surface area contributed by atoms with Crippen LogP contribution in [0.3, 0.4) is 0 Å². The molecule has 1 rings (SSSR count). The third-order valence-electron chi connectivity index (χ3n) is 5.73. The van der Waals surface area contributed by atoms with Crippen LogP contribution in [0, 0.1) is 6.92 Å². The van der Waals surface area contributed by atoms with E-state index in [4.69, 9.17) is 4.74 Å². The lowest BCUT2D eigenvalue weighted by atomic mass is 9.95. The lowest BCUT2D eigenvalue weighted by molar-refractivity contribution is -0.114. The van der Waals surface area contributed by atoms with E-state index in [0.717, 1.165) is 47.3 Å². The summed E-state index contributed by atoms with van der Waals surface area (Å²) in [5, 5.41) is 29.6. The van der Waals surface area contributed by atoms with Gasteiger partial charge in [-0.05, 0) is 97.4 Å². The normalized spacial score (nSPS) is 14.4. The summed E-state index contributed by atoms with van der Waals surface area (Å²) in [6, 6.07) is 3.37. The fourth-order valence-electron chi connectivity index (χ4n) is 3.67. The summed E-state index contributed by atoms with van der Waals surface area (Å²) in [5.74, 6) is 1.05. The first kappa shape index (κ1) is 28.7. The van der Waals surface area contributed by atoms with E-state index in [2.05, 4.69) is 6.08 Å². The average molecular weight is 459 g/mol. The van der Waals surface area contributed by atoms with E-state index < -0.39 is 11.7 Å². The van der Waals surface area contributed by atoms with Crippen LogP contribution in [0.25, 0.3) is 0 Å². The maximum atomic E-state index is 12.4. The van der Waals surface area contributed by atoms with Crippen molar-refractivity contribution in [1.82, 2.24) is 0 Å². The van der Waals surface area contributed by atoms with Gasteiger partial charge in [-0.2, -0.15) is 0 Å². The Labute approximate surface area is 199 Å². The molecule has 0 heterocycles. The van der Waals surface area contributed by atoms with Crippen molar-refractivity contribution in [1.29, 1.82) is 0 Å². The molecule has 1 unspecified atom stereocenters. The zero-order valence-electron chi connectivity index (χ0n) is 21.4. The summed E-state index contributed by atoms with van der Waals surface area (Å²) in [6.45, 7) is 11.1. The predicted octanol–water partition coefficient (Wildman–Crippen LogP) is 5.74. The van der Waals surface area contributed by atoms with Gasteiger partial charge >= 0.3 is 0 Å². The molecule has 0 saturated heterocycles. The lowest BCUT2D eigenvalue weighted by Crippen LogP contribution is -2.35. The number of aliphatic hydroxyl groups is 2. The zero-order chi connectivity index (χ0) is 25.2. The van der Waals surface area contributed by atoms with E-state index in [1.165, 1.54) is 5.57 Å². The maximum Gasteiger partial charge on any atom is 0.159 e. The molecule has 0 spiro atoms. The van der Waals surface area contributed by atoms with Crippen molar-refractivity contribution < 1.29 is 24.9 Å². The Morgan fingerprint density at radius 2 is 1.76 bits per heavy atom. The number of phenolic OH excluding ortho intramolecular Hbond substituents is 1. The van der Waals surface area contributed by atoms with Crippen LogP contribution in [0.15, 0.2) is 47.1 Å². The lowest BCUT2D eigenvalue weighted by Gasteiger charge is -2.24. The van der Waals surface area contributed by atoms with Crippen molar-refractivity contribution in [3.8, 4) is 11.5 Å². The Kier molecular flexibility index (Phi) is 11.6. The van der Waals surface area contributed by atoms with Crippen LogP contribution in [0.1, 0.15) is 77.8 Å². The smallest absolute Gasteiger partial charge is 0.159 e. The highest BCUT2D eigenvalue weighted by atomic mass is 16.5. The fourth-order valence-corrected chi connectivity index (χ4v) is 3.67. The SMILES string of the molecule is COc1c(C)cc(O)cc1C/C=C(\C)CC(=O)/C=C(/C)CC/C=C(\C)CCC(O)C(C)(C)O. The number of aromatic hydroxyl groups is 1. The summed E-state index contributed by atoms with van der Waals surface area (Å²) >= 11 is 0. The van der Waals surface area contributed by atoms with Crippen molar-refractivity contribution in [3.05, 3.63) is 58.2 Å². The molecule has 0 bridgehead atoms. The second-order valence-corrected chi connectivity index (χ2v) is 9.64. The van der Waals surface area contributed by atoms with Gasteiger partial charge in [0.2, 0.25) is 0 Å². The van der Waals surface area contributed by atoms with Gasteiger partial charge in [-0.1, -0.05) is 28.9 Å². The molecule has 0 aliphatic heterocycles. The minimum absolute atomic E-state index is 0.0781. The van der Waals surface area contributed by atoms with Crippen LogP contribution >= 0.6 is 0 Å². The minimum Gasteiger partial charge on any atom is -0.508 e. The van der Waals surface area contributed by atoms with Crippen molar-refractivity contribution in [2.45, 2.75) is 91.8 Å². The number of hydrogen-bond acceptors (Lipinski definition) is 5. The summed E-state index contributed by atoms with van der Waals surface area (Å²) < 4.78 is 5.45. The molecule has 1 aromatic carbocycles. The van der Waals surface area contributed by atoms with E-state index in [0.29, 0.717) is 19.3 Å². The van der Waals surface area contributed by atoms with Gasteiger partial charge in [0.05, 0.1) is 18.8 Å². The number of carbonyl (C=O) groups excluding carboxylic acids is 1. The second-order valence-electron chi connectivity index (χ2n) is 9.64. The first-order valence-electron chi connectivity index (χ1n) is 11.6. The minimum atomic E-state index is -1.08. The molecule has 0 fully saturated rings. The number of aliphatic hydroxyl groups excluding tert-OH is 1. The monoisotopic (exact) mass is 458 g/mol. The molecular weight excluding hydrogens is 416 g/mol. The predicted molar refractivity (Wildman–Crippen MR) is 135 cm³/mol. The van der Waals surface area contributed by atoms with Gasteiger partial charge in [-0.15, -0.1) is 0 Å². The molecule has 1 aromatic rings. The van der Waals surface area contributed by atoms with Crippen molar-refractivity contribution in [2.75, 3.05) is 7.11 Å². The van der Waals surface area contributed by atoms with E-state index in [1.54, 1.807) is 39.2 Å². The fraction of sp³-hybridized carbons (Fsp3) is 0.536. The highest BCUT2D eigenvalue weighted by molar-refractivity contribution is 5.91. The van der Waals surface area contributed by atoms with E-state index in [9.17, 15) is 20.1 Å². The Morgan fingerprint density at radius 1 is 1.09 bits per heavy atom. The number of ketones is 1. The zero-order valence-corrected chi connectivity index (χ0v) is 21.4. The van der Waals surface area contributed by atoms with Gasteiger partial charge in [-0.25, -0.2) is 0 Å². The van der Waals surface area contributed by atoms with Crippen LogP contribution in [-0.2, 0) is 11.2 Å². The van der Waals surface area contributed by atoms with Gasteiger partial charge < -0.3 is 20.1 Å². The third kappa shape index (κ3) is 10.9. The molecule has 0 aliphatic carbocycles. The van der Waals surface area contributed by atoms with Crippen molar-refractivity contribution >= 4 is 5.78 Å². The molecule has 5 heteroatoms. The van der Waals surface area contributed by atoms with Crippen LogP contribution in [-0.4, -0.2) is 39.9 Å². The molecule has 0 aromatic heterocycles. The summed E-state index contributed by atoms with van der Waals surface area (Å²) in [5.41, 5.74) is 3.89. The summed E-state index contributed by atoms with van der Waals surface area (Å²) in [7, 11) is 1.62. The molecule has 5 nitrogen and oxygen atoms in total. The number of aryl methyl sites for hydroxylation is 1. The number of phenols is 1. The van der Waals surface area contributed by atoms with Crippen LogP contribution in [0.5, 0.6) is 11.5 Å². The topological polar surface area (TPSA) is 87.0 Å². The molecule has 0 radical (unpaired) electrons. The molecular formula is C28H42O5. The standard InChI is InChI=1S/C28H42O5/c1-19(12-14-26(31)28(5,6)32)9-8-10-20(2)15-24(29)16-21(3)11-13-23-18-25(30)17-22(4)27(23)33-7/h9,11,15,17-18,26,30-32H,8,10,12-14,16H2,1-7H3/b19-9+,20-15-,21-11+. The number of carbonyl (C=O) groups is 1. The molecule has 33 heavy (non-hydrogen) atoms.